The molecular formula is C23H19ClN4O2. The van der Waals surface area contributed by atoms with Gasteiger partial charge in [0.1, 0.15) is 5.75 Å². The van der Waals surface area contributed by atoms with Crippen LogP contribution in [0.4, 0.5) is 5.69 Å². The van der Waals surface area contributed by atoms with E-state index < -0.39 is 5.91 Å². The Kier molecular flexibility index (Phi) is 5.50. The first kappa shape index (κ1) is 19.7. The van der Waals surface area contributed by atoms with Gasteiger partial charge in [0.15, 0.2) is 5.82 Å². The Labute approximate surface area is 179 Å². The lowest BCUT2D eigenvalue weighted by atomic mass is 10.1. The highest BCUT2D eigenvalue weighted by molar-refractivity contribution is 6.30. The summed E-state index contributed by atoms with van der Waals surface area (Å²) in [6.07, 6.45) is 0. The fraction of sp³-hybridized carbons (Fsp3) is 0.0870. The van der Waals surface area contributed by atoms with E-state index in [4.69, 9.17) is 16.3 Å². The molecule has 4 aromatic rings. The van der Waals surface area contributed by atoms with Crippen LogP contribution in [0.15, 0.2) is 72.8 Å². The summed E-state index contributed by atoms with van der Waals surface area (Å²) >= 11 is 5.91. The van der Waals surface area contributed by atoms with Gasteiger partial charge in [0, 0.05) is 16.3 Å². The molecule has 0 unspecified atom stereocenters. The zero-order valence-corrected chi connectivity index (χ0v) is 17.2. The van der Waals surface area contributed by atoms with Gasteiger partial charge in [-0.15, -0.1) is 5.10 Å². The van der Waals surface area contributed by atoms with Crippen molar-refractivity contribution in [3.63, 3.8) is 0 Å². The normalized spacial score (nSPS) is 10.6. The van der Waals surface area contributed by atoms with Crippen LogP contribution in [-0.2, 0) is 0 Å². The molecule has 1 heterocycles. The number of nitrogens with zero attached hydrogens (tertiary/aromatic N) is 3. The van der Waals surface area contributed by atoms with Crippen LogP contribution < -0.4 is 10.1 Å². The number of carbonyl (C=O) groups is 1. The van der Waals surface area contributed by atoms with Crippen molar-refractivity contribution in [3.05, 3.63) is 89.2 Å². The third-order valence-electron chi connectivity index (χ3n) is 4.54. The molecule has 7 heteroatoms. The fourth-order valence-corrected chi connectivity index (χ4v) is 3.05. The molecular weight excluding hydrogens is 400 g/mol. The Bertz CT molecular complexity index is 1170. The maximum absolute atomic E-state index is 12.8. The molecule has 0 saturated heterocycles. The predicted octanol–water partition coefficient (Wildman–Crippen LogP) is 5.16. The maximum atomic E-state index is 12.8. The van der Waals surface area contributed by atoms with Crippen LogP contribution in [0.25, 0.3) is 17.1 Å². The molecule has 0 fully saturated rings. The Hall–Kier alpha value is -3.64. The lowest BCUT2D eigenvalue weighted by Crippen LogP contribution is -2.14. The molecule has 0 bridgehead atoms. The summed E-state index contributed by atoms with van der Waals surface area (Å²) in [4.78, 5) is 17.3. The van der Waals surface area contributed by atoms with Crippen molar-refractivity contribution in [2.24, 2.45) is 0 Å². The maximum Gasteiger partial charge on any atom is 0.295 e. The number of amides is 1. The highest BCUT2D eigenvalue weighted by Gasteiger charge is 2.19. The lowest BCUT2D eigenvalue weighted by molar-refractivity contribution is 0.101. The summed E-state index contributed by atoms with van der Waals surface area (Å²) in [6.45, 7) is 2.02. The first-order chi connectivity index (χ1) is 14.5. The van der Waals surface area contributed by atoms with E-state index in [1.54, 1.807) is 36.1 Å². The lowest BCUT2D eigenvalue weighted by Gasteiger charge is -2.07. The summed E-state index contributed by atoms with van der Waals surface area (Å²) in [6, 6.07) is 22.2. The quantitative estimate of drug-likeness (QED) is 0.486. The molecule has 6 nitrogen and oxygen atoms in total. The molecule has 0 atom stereocenters. The molecule has 0 saturated carbocycles. The first-order valence-electron chi connectivity index (χ1n) is 9.29. The zero-order chi connectivity index (χ0) is 21.1. The SMILES string of the molecule is COc1ccc(-n2nc(C(=O)Nc3ccc(Cl)cc3)nc2-c2ccc(C)cc2)cc1. The molecule has 4 rings (SSSR count). The van der Waals surface area contributed by atoms with Gasteiger partial charge in [-0.25, -0.2) is 9.67 Å². The van der Waals surface area contributed by atoms with E-state index in [9.17, 15) is 4.79 Å². The van der Waals surface area contributed by atoms with Crippen molar-refractivity contribution in [3.8, 4) is 22.8 Å². The molecule has 0 aliphatic carbocycles. The number of methoxy groups -OCH3 is 1. The minimum Gasteiger partial charge on any atom is -0.497 e. The molecule has 3 aromatic carbocycles. The minimum atomic E-state index is -0.405. The van der Waals surface area contributed by atoms with E-state index in [2.05, 4.69) is 15.4 Å². The standard InChI is InChI=1S/C23H19ClN4O2/c1-15-3-5-16(6-4-15)22-26-21(23(29)25-18-9-7-17(24)8-10-18)27-28(22)19-11-13-20(30-2)14-12-19/h3-14H,1-2H3,(H,25,29). The van der Waals surface area contributed by atoms with Gasteiger partial charge in [0.25, 0.3) is 5.91 Å². The van der Waals surface area contributed by atoms with Crippen molar-refractivity contribution >= 4 is 23.2 Å². The van der Waals surface area contributed by atoms with E-state index in [1.165, 1.54) is 0 Å². The van der Waals surface area contributed by atoms with Crippen LogP contribution >= 0.6 is 11.6 Å². The summed E-state index contributed by atoms with van der Waals surface area (Å²) in [5.74, 6) is 0.965. The van der Waals surface area contributed by atoms with Crippen molar-refractivity contribution in [1.82, 2.24) is 14.8 Å². The summed E-state index contributed by atoms with van der Waals surface area (Å²) in [5, 5.41) is 7.87. The van der Waals surface area contributed by atoms with E-state index in [-0.39, 0.29) is 5.82 Å². The smallest absolute Gasteiger partial charge is 0.295 e. The van der Waals surface area contributed by atoms with Crippen molar-refractivity contribution in [2.75, 3.05) is 12.4 Å². The molecule has 1 aromatic heterocycles. The van der Waals surface area contributed by atoms with Gasteiger partial charge in [0.05, 0.1) is 12.8 Å². The molecule has 0 aliphatic heterocycles. The molecule has 1 amide bonds. The van der Waals surface area contributed by atoms with E-state index in [1.807, 2.05) is 55.5 Å². The van der Waals surface area contributed by atoms with Gasteiger partial charge < -0.3 is 10.1 Å². The Morgan fingerprint density at radius 2 is 1.63 bits per heavy atom. The molecule has 1 N–H and O–H groups in total. The number of hydrogen-bond acceptors (Lipinski definition) is 4. The largest absolute Gasteiger partial charge is 0.497 e. The Balaban J connectivity index is 1.73. The number of halogens is 1. The number of anilines is 1. The van der Waals surface area contributed by atoms with Gasteiger partial charge in [-0.1, -0.05) is 41.4 Å². The molecule has 0 aliphatic rings. The molecule has 0 spiro atoms. The topological polar surface area (TPSA) is 69.0 Å². The summed E-state index contributed by atoms with van der Waals surface area (Å²) in [5.41, 5.74) is 3.37. The van der Waals surface area contributed by atoms with E-state index >= 15 is 0 Å². The van der Waals surface area contributed by atoms with E-state index in [0.717, 1.165) is 22.6 Å². The Morgan fingerprint density at radius 3 is 2.27 bits per heavy atom. The predicted molar refractivity (Wildman–Crippen MR) is 117 cm³/mol. The highest BCUT2D eigenvalue weighted by Crippen LogP contribution is 2.24. The number of hydrogen-bond donors (Lipinski definition) is 1. The van der Waals surface area contributed by atoms with Gasteiger partial charge in [-0.05, 0) is 55.5 Å². The fourth-order valence-electron chi connectivity index (χ4n) is 2.92. The second kappa shape index (κ2) is 8.39. The van der Waals surface area contributed by atoms with Gasteiger partial charge in [-0.2, -0.15) is 0 Å². The van der Waals surface area contributed by atoms with Crippen LogP contribution in [0, 0.1) is 6.92 Å². The summed E-state index contributed by atoms with van der Waals surface area (Å²) < 4.78 is 6.89. The highest BCUT2D eigenvalue weighted by atomic mass is 35.5. The number of aryl methyl sites for hydroxylation is 1. The monoisotopic (exact) mass is 418 g/mol. The second-order valence-corrected chi connectivity index (χ2v) is 7.13. The van der Waals surface area contributed by atoms with Gasteiger partial charge in [0.2, 0.25) is 5.82 Å². The van der Waals surface area contributed by atoms with Crippen LogP contribution in [0.1, 0.15) is 16.2 Å². The number of ether oxygens (including phenoxy) is 1. The first-order valence-corrected chi connectivity index (χ1v) is 9.67. The van der Waals surface area contributed by atoms with Crippen LogP contribution in [0.2, 0.25) is 5.02 Å². The van der Waals surface area contributed by atoms with E-state index in [0.29, 0.717) is 16.5 Å². The Morgan fingerprint density at radius 1 is 0.967 bits per heavy atom. The number of rotatable bonds is 5. The van der Waals surface area contributed by atoms with Crippen LogP contribution in [-0.4, -0.2) is 27.8 Å². The third kappa shape index (κ3) is 4.18. The third-order valence-corrected chi connectivity index (χ3v) is 4.79. The molecule has 150 valence electrons. The zero-order valence-electron chi connectivity index (χ0n) is 16.5. The van der Waals surface area contributed by atoms with Gasteiger partial charge in [-0.3, -0.25) is 4.79 Å². The second-order valence-electron chi connectivity index (χ2n) is 6.70. The van der Waals surface area contributed by atoms with Crippen molar-refractivity contribution in [1.29, 1.82) is 0 Å². The average Bonchev–Trinajstić information content (AvgIpc) is 3.21. The van der Waals surface area contributed by atoms with Gasteiger partial charge >= 0.3 is 0 Å². The minimum absolute atomic E-state index is 0.0661. The molecule has 0 radical (unpaired) electrons. The van der Waals surface area contributed by atoms with Crippen LogP contribution in [0.5, 0.6) is 5.75 Å². The number of benzene rings is 3. The summed E-state index contributed by atoms with van der Waals surface area (Å²) in [7, 11) is 1.61. The number of aromatic nitrogens is 3. The van der Waals surface area contributed by atoms with Crippen molar-refractivity contribution < 1.29 is 9.53 Å². The average molecular weight is 419 g/mol. The van der Waals surface area contributed by atoms with Crippen molar-refractivity contribution in [2.45, 2.75) is 6.92 Å². The molecule has 30 heavy (non-hydrogen) atoms. The number of nitrogens with one attached hydrogen (secondary N) is 1. The number of carbonyl (C=O) groups excluding carboxylic acids is 1. The van der Waals surface area contributed by atoms with Crippen LogP contribution in [0.3, 0.4) is 0 Å².